The Hall–Kier alpha value is -3.93. The molecule has 0 saturated carbocycles. The third-order valence-corrected chi connectivity index (χ3v) is 5.56. The number of rotatable bonds is 8. The topological polar surface area (TPSA) is 52.5 Å². The van der Waals surface area contributed by atoms with E-state index in [-0.39, 0.29) is 6.04 Å². The molecule has 33 heavy (non-hydrogen) atoms. The SMILES string of the molecule is COc1cc(/C=C/C2=NN(c3ccccc3)C(c3cc(OC)cc(OC)c3)C2)cc(OC)c1. The van der Waals surface area contributed by atoms with Crippen LogP contribution in [0.25, 0.3) is 6.08 Å². The monoisotopic (exact) mass is 444 g/mol. The molecule has 6 nitrogen and oxygen atoms in total. The van der Waals surface area contributed by atoms with Gasteiger partial charge in [0.05, 0.1) is 45.9 Å². The molecule has 1 aliphatic rings. The molecule has 0 fully saturated rings. The summed E-state index contributed by atoms with van der Waals surface area (Å²) in [7, 11) is 6.62. The molecule has 0 radical (unpaired) electrons. The second-order valence-corrected chi connectivity index (χ2v) is 7.62. The summed E-state index contributed by atoms with van der Waals surface area (Å²) in [6, 6.07) is 21.9. The predicted octanol–water partition coefficient (Wildman–Crippen LogP) is 5.74. The molecule has 3 aromatic carbocycles. The van der Waals surface area contributed by atoms with Crippen LogP contribution in [0.3, 0.4) is 0 Å². The number of hydrazone groups is 1. The van der Waals surface area contributed by atoms with E-state index >= 15 is 0 Å². The average Bonchev–Trinajstić information content (AvgIpc) is 3.31. The molecule has 4 rings (SSSR count). The second kappa shape index (κ2) is 10.1. The van der Waals surface area contributed by atoms with Crippen molar-refractivity contribution in [1.29, 1.82) is 0 Å². The molecule has 6 heteroatoms. The van der Waals surface area contributed by atoms with Gasteiger partial charge in [0.2, 0.25) is 0 Å². The molecule has 0 amide bonds. The summed E-state index contributed by atoms with van der Waals surface area (Å²) in [5.74, 6) is 3.00. The Morgan fingerprint density at radius 3 is 1.82 bits per heavy atom. The first-order valence-corrected chi connectivity index (χ1v) is 10.7. The van der Waals surface area contributed by atoms with Crippen LogP contribution >= 0.6 is 0 Å². The number of para-hydroxylation sites is 1. The molecule has 0 aliphatic carbocycles. The zero-order valence-electron chi connectivity index (χ0n) is 19.3. The van der Waals surface area contributed by atoms with Gasteiger partial charge in [0.15, 0.2) is 0 Å². The molecular formula is C27H28N2O4. The number of benzene rings is 3. The van der Waals surface area contributed by atoms with Crippen molar-refractivity contribution in [3.8, 4) is 23.0 Å². The van der Waals surface area contributed by atoms with E-state index in [1.54, 1.807) is 28.4 Å². The fourth-order valence-electron chi connectivity index (χ4n) is 3.85. The van der Waals surface area contributed by atoms with E-state index < -0.39 is 0 Å². The van der Waals surface area contributed by atoms with E-state index in [0.29, 0.717) is 0 Å². The van der Waals surface area contributed by atoms with Crippen molar-refractivity contribution < 1.29 is 18.9 Å². The second-order valence-electron chi connectivity index (χ2n) is 7.62. The molecule has 1 heterocycles. The zero-order valence-corrected chi connectivity index (χ0v) is 19.3. The average molecular weight is 445 g/mol. The van der Waals surface area contributed by atoms with Crippen molar-refractivity contribution in [2.45, 2.75) is 12.5 Å². The van der Waals surface area contributed by atoms with E-state index in [1.807, 2.05) is 66.7 Å². The Bertz CT molecular complexity index is 1110. The van der Waals surface area contributed by atoms with Gasteiger partial charge >= 0.3 is 0 Å². The molecule has 0 aromatic heterocycles. The lowest BCUT2D eigenvalue weighted by Gasteiger charge is -2.24. The van der Waals surface area contributed by atoms with Crippen molar-refractivity contribution in [2.24, 2.45) is 5.10 Å². The molecular weight excluding hydrogens is 416 g/mol. The molecule has 0 spiro atoms. The van der Waals surface area contributed by atoms with E-state index in [2.05, 4.69) is 17.1 Å². The van der Waals surface area contributed by atoms with Gasteiger partial charge < -0.3 is 18.9 Å². The fraction of sp³-hybridized carbons (Fsp3) is 0.222. The van der Waals surface area contributed by atoms with E-state index in [1.165, 1.54) is 0 Å². The van der Waals surface area contributed by atoms with Crippen molar-refractivity contribution >= 4 is 17.5 Å². The smallest absolute Gasteiger partial charge is 0.123 e. The lowest BCUT2D eigenvalue weighted by molar-refractivity contribution is 0.392. The third-order valence-electron chi connectivity index (χ3n) is 5.56. The summed E-state index contributed by atoms with van der Waals surface area (Å²) in [5.41, 5.74) is 4.04. The Morgan fingerprint density at radius 2 is 1.27 bits per heavy atom. The minimum absolute atomic E-state index is 0.0101. The molecule has 0 saturated heterocycles. The minimum Gasteiger partial charge on any atom is -0.497 e. The van der Waals surface area contributed by atoms with Gasteiger partial charge in [0, 0.05) is 18.6 Å². The normalized spacial score (nSPS) is 15.5. The predicted molar refractivity (Wildman–Crippen MR) is 132 cm³/mol. The Balaban J connectivity index is 1.68. The molecule has 1 unspecified atom stereocenters. The Labute approximate surface area is 194 Å². The van der Waals surface area contributed by atoms with E-state index in [0.717, 1.165) is 51.9 Å². The number of nitrogens with zero attached hydrogens (tertiary/aromatic N) is 2. The van der Waals surface area contributed by atoms with E-state index in [9.17, 15) is 0 Å². The van der Waals surface area contributed by atoms with Crippen LogP contribution in [0, 0.1) is 0 Å². The number of hydrogen-bond donors (Lipinski definition) is 0. The van der Waals surface area contributed by atoms with Crippen LogP contribution in [0.5, 0.6) is 23.0 Å². The highest BCUT2D eigenvalue weighted by Gasteiger charge is 2.29. The third kappa shape index (κ3) is 5.12. The Morgan fingerprint density at radius 1 is 0.727 bits per heavy atom. The van der Waals surface area contributed by atoms with Crippen LogP contribution < -0.4 is 24.0 Å². The maximum Gasteiger partial charge on any atom is 0.123 e. The summed E-state index contributed by atoms with van der Waals surface area (Å²) in [6.07, 6.45) is 4.81. The number of allylic oxidation sites excluding steroid dienone is 1. The van der Waals surface area contributed by atoms with Crippen LogP contribution in [0.1, 0.15) is 23.6 Å². The van der Waals surface area contributed by atoms with Crippen molar-refractivity contribution in [1.82, 2.24) is 0 Å². The molecule has 3 aromatic rings. The first-order chi connectivity index (χ1) is 16.1. The van der Waals surface area contributed by atoms with Crippen LogP contribution in [0.4, 0.5) is 5.69 Å². The van der Waals surface area contributed by atoms with Gasteiger partial charge in [-0.25, -0.2) is 0 Å². The van der Waals surface area contributed by atoms with Gasteiger partial charge in [-0.15, -0.1) is 0 Å². The van der Waals surface area contributed by atoms with Crippen molar-refractivity contribution in [3.63, 3.8) is 0 Å². The molecule has 1 atom stereocenters. The summed E-state index contributed by atoms with van der Waals surface area (Å²) >= 11 is 0. The lowest BCUT2D eigenvalue weighted by Crippen LogP contribution is -2.18. The van der Waals surface area contributed by atoms with Crippen LogP contribution in [-0.4, -0.2) is 34.2 Å². The molecule has 0 bridgehead atoms. The number of hydrogen-bond acceptors (Lipinski definition) is 6. The van der Waals surface area contributed by atoms with Crippen molar-refractivity contribution in [2.75, 3.05) is 33.4 Å². The van der Waals surface area contributed by atoms with Gasteiger partial charge in [0.25, 0.3) is 0 Å². The first-order valence-electron chi connectivity index (χ1n) is 10.7. The lowest BCUT2D eigenvalue weighted by atomic mass is 10.00. The van der Waals surface area contributed by atoms with Gasteiger partial charge in [-0.05, 0) is 53.6 Å². The van der Waals surface area contributed by atoms with Gasteiger partial charge in [0.1, 0.15) is 23.0 Å². The summed E-state index contributed by atoms with van der Waals surface area (Å²) in [6.45, 7) is 0. The van der Waals surface area contributed by atoms with Gasteiger partial charge in [-0.1, -0.05) is 24.3 Å². The number of anilines is 1. The quantitative estimate of drug-likeness (QED) is 0.443. The van der Waals surface area contributed by atoms with Gasteiger partial charge in [-0.3, -0.25) is 5.01 Å². The van der Waals surface area contributed by atoms with Crippen LogP contribution in [-0.2, 0) is 0 Å². The number of methoxy groups -OCH3 is 4. The summed E-state index contributed by atoms with van der Waals surface area (Å²) in [5, 5.41) is 7.00. The molecule has 170 valence electrons. The summed E-state index contributed by atoms with van der Waals surface area (Å²) < 4.78 is 21.8. The number of ether oxygens (including phenoxy) is 4. The van der Waals surface area contributed by atoms with Crippen LogP contribution in [0.2, 0.25) is 0 Å². The van der Waals surface area contributed by atoms with Crippen LogP contribution in [0.15, 0.2) is 77.9 Å². The highest BCUT2D eigenvalue weighted by Crippen LogP contribution is 2.38. The molecule has 0 N–H and O–H groups in total. The minimum atomic E-state index is 0.0101. The highest BCUT2D eigenvalue weighted by atomic mass is 16.5. The van der Waals surface area contributed by atoms with Crippen molar-refractivity contribution in [3.05, 3.63) is 83.9 Å². The molecule has 1 aliphatic heterocycles. The first kappa shape index (κ1) is 22.3. The maximum atomic E-state index is 5.50. The fourth-order valence-corrected chi connectivity index (χ4v) is 3.85. The highest BCUT2D eigenvalue weighted by molar-refractivity contribution is 6.01. The summed E-state index contributed by atoms with van der Waals surface area (Å²) in [4.78, 5) is 0. The zero-order chi connectivity index (χ0) is 23.2. The van der Waals surface area contributed by atoms with E-state index in [4.69, 9.17) is 24.0 Å². The maximum absolute atomic E-state index is 5.50. The standard InChI is InChI=1S/C27H28N2O4/c1-30-23-12-19(13-24(17-23)31-2)10-11-21-16-27(29(28-21)22-8-6-5-7-9-22)20-14-25(32-3)18-26(15-20)33-4/h5-15,17-18,27H,16H2,1-4H3/b11-10+. The van der Waals surface area contributed by atoms with Gasteiger partial charge in [-0.2, -0.15) is 5.10 Å². The Kier molecular flexibility index (Phi) is 6.83. The largest absolute Gasteiger partial charge is 0.497 e.